The van der Waals surface area contributed by atoms with E-state index in [2.05, 4.69) is 50.5 Å². The summed E-state index contributed by atoms with van der Waals surface area (Å²) in [5.74, 6) is 3.27. The van der Waals surface area contributed by atoms with Gasteiger partial charge >= 0.3 is 0 Å². The van der Waals surface area contributed by atoms with Crippen LogP contribution in [0.25, 0.3) is 0 Å². The summed E-state index contributed by atoms with van der Waals surface area (Å²) in [7, 11) is 0. The molecule has 1 heterocycles. The Balaban J connectivity index is 1.65. The average molecular weight is 446 g/mol. The van der Waals surface area contributed by atoms with Gasteiger partial charge in [-0.2, -0.15) is 0 Å². The first-order valence-electron chi connectivity index (χ1n) is 8.09. The van der Waals surface area contributed by atoms with Gasteiger partial charge in [-0.3, -0.25) is 4.99 Å². The molecule has 0 aliphatic carbocycles. The fourth-order valence-corrected chi connectivity index (χ4v) is 3.25. The number of hydrogen-bond donors (Lipinski definition) is 0. The van der Waals surface area contributed by atoms with E-state index in [1.807, 2.05) is 36.5 Å². The lowest BCUT2D eigenvalue weighted by molar-refractivity contribution is 0.122. The Bertz CT molecular complexity index is 775. The van der Waals surface area contributed by atoms with Crippen molar-refractivity contribution in [3.63, 3.8) is 0 Å². The molecule has 0 spiro atoms. The van der Waals surface area contributed by atoms with Crippen LogP contribution in [-0.4, -0.2) is 39.1 Å². The van der Waals surface area contributed by atoms with Crippen molar-refractivity contribution in [2.75, 3.05) is 37.8 Å². The van der Waals surface area contributed by atoms with Gasteiger partial charge in [-0.1, -0.05) is 5.92 Å². The van der Waals surface area contributed by atoms with E-state index in [0.717, 1.165) is 46.9 Å². The highest BCUT2D eigenvalue weighted by Gasteiger charge is 2.10. The van der Waals surface area contributed by atoms with Gasteiger partial charge in [0.15, 0.2) is 0 Å². The molecule has 1 fully saturated rings. The Labute approximate surface area is 162 Å². The van der Waals surface area contributed by atoms with Crippen molar-refractivity contribution < 1.29 is 9.47 Å². The molecule has 0 amide bonds. The van der Waals surface area contributed by atoms with Crippen molar-refractivity contribution in [2.45, 2.75) is 0 Å². The molecule has 0 bridgehead atoms. The molecule has 0 saturated carbocycles. The summed E-state index contributed by atoms with van der Waals surface area (Å²) in [4.78, 5) is 6.88. The number of hydrogen-bond acceptors (Lipinski definition) is 4. The first kappa shape index (κ1) is 17.8. The van der Waals surface area contributed by atoms with Gasteiger partial charge in [0.2, 0.25) is 0 Å². The molecule has 0 aromatic heterocycles. The predicted octanol–water partition coefficient (Wildman–Crippen LogP) is 3.89. The molecule has 0 N–H and O–H groups in total. The van der Waals surface area contributed by atoms with Crippen molar-refractivity contribution in [2.24, 2.45) is 4.99 Å². The highest BCUT2D eigenvalue weighted by Crippen LogP contribution is 2.23. The number of terminal acetylenes is 1. The first-order chi connectivity index (χ1) is 12.3. The summed E-state index contributed by atoms with van der Waals surface area (Å²) in [5.41, 5.74) is 3.17. The van der Waals surface area contributed by atoms with Gasteiger partial charge in [-0.05, 0) is 70.6 Å². The normalized spacial score (nSPS) is 14.5. The molecule has 25 heavy (non-hydrogen) atoms. The van der Waals surface area contributed by atoms with Crippen molar-refractivity contribution in [1.82, 2.24) is 0 Å². The molecule has 2 aromatic carbocycles. The van der Waals surface area contributed by atoms with Crippen LogP contribution >= 0.6 is 22.6 Å². The van der Waals surface area contributed by atoms with Crippen LogP contribution in [0.3, 0.4) is 0 Å². The topological polar surface area (TPSA) is 34.1 Å². The lowest BCUT2D eigenvalue weighted by Crippen LogP contribution is -2.36. The highest BCUT2D eigenvalue weighted by atomic mass is 127. The summed E-state index contributed by atoms with van der Waals surface area (Å²) in [6.45, 7) is 3.74. The smallest absolute Gasteiger partial charge is 0.148 e. The summed E-state index contributed by atoms with van der Waals surface area (Å²) in [6.07, 6.45) is 7.08. The van der Waals surface area contributed by atoms with Gasteiger partial charge in [0.1, 0.15) is 12.4 Å². The van der Waals surface area contributed by atoms with Crippen molar-refractivity contribution in [3.05, 3.63) is 51.6 Å². The third kappa shape index (κ3) is 4.97. The van der Waals surface area contributed by atoms with E-state index >= 15 is 0 Å². The molecular formula is C20H19IN2O2. The van der Waals surface area contributed by atoms with Gasteiger partial charge < -0.3 is 14.4 Å². The van der Waals surface area contributed by atoms with Crippen LogP contribution in [0, 0.1) is 15.9 Å². The molecule has 4 nitrogen and oxygen atoms in total. The zero-order chi connectivity index (χ0) is 17.5. The highest BCUT2D eigenvalue weighted by molar-refractivity contribution is 14.1. The number of ether oxygens (including phenoxy) is 2. The van der Waals surface area contributed by atoms with Gasteiger partial charge in [0.25, 0.3) is 0 Å². The van der Waals surface area contributed by atoms with Crippen LogP contribution in [0.4, 0.5) is 11.4 Å². The Morgan fingerprint density at radius 2 is 1.96 bits per heavy atom. The molecule has 0 atom stereocenters. The van der Waals surface area contributed by atoms with E-state index in [9.17, 15) is 0 Å². The third-order valence-corrected chi connectivity index (χ3v) is 4.70. The fourth-order valence-electron chi connectivity index (χ4n) is 2.55. The van der Waals surface area contributed by atoms with Crippen LogP contribution in [0.15, 0.2) is 47.5 Å². The van der Waals surface area contributed by atoms with Crippen molar-refractivity contribution in [3.8, 4) is 18.1 Å². The number of anilines is 1. The fraction of sp³-hybridized carbons (Fsp3) is 0.250. The number of aliphatic imine (C=N–C) groups is 1. The Morgan fingerprint density at radius 1 is 1.20 bits per heavy atom. The number of halogens is 1. The molecule has 1 aliphatic heterocycles. The molecule has 128 valence electrons. The van der Waals surface area contributed by atoms with Gasteiger partial charge in [-0.25, -0.2) is 0 Å². The molecule has 0 unspecified atom stereocenters. The van der Waals surface area contributed by atoms with E-state index in [4.69, 9.17) is 15.9 Å². The first-order valence-corrected chi connectivity index (χ1v) is 9.17. The summed E-state index contributed by atoms with van der Waals surface area (Å²) >= 11 is 2.24. The van der Waals surface area contributed by atoms with Crippen molar-refractivity contribution in [1.29, 1.82) is 0 Å². The van der Waals surface area contributed by atoms with Crippen LogP contribution in [0.5, 0.6) is 5.75 Å². The molecule has 1 aliphatic rings. The van der Waals surface area contributed by atoms with Crippen LogP contribution in [-0.2, 0) is 4.74 Å². The maximum atomic E-state index is 5.47. The minimum absolute atomic E-state index is 0.277. The van der Waals surface area contributed by atoms with E-state index in [1.54, 1.807) is 0 Å². The molecule has 2 aromatic rings. The lowest BCUT2D eigenvalue weighted by atomic mass is 10.2. The Kier molecular flexibility index (Phi) is 6.31. The second kappa shape index (κ2) is 8.88. The van der Waals surface area contributed by atoms with Gasteiger partial charge in [0, 0.05) is 25.0 Å². The van der Waals surface area contributed by atoms with Gasteiger partial charge in [0.05, 0.1) is 22.5 Å². The number of benzene rings is 2. The van der Waals surface area contributed by atoms with Crippen LogP contribution in [0.1, 0.15) is 5.56 Å². The predicted molar refractivity (Wildman–Crippen MR) is 110 cm³/mol. The minimum Gasteiger partial charge on any atom is -0.480 e. The number of nitrogens with zero attached hydrogens (tertiary/aromatic N) is 2. The summed E-state index contributed by atoms with van der Waals surface area (Å²) in [5, 5.41) is 0. The number of morpholine rings is 1. The summed E-state index contributed by atoms with van der Waals surface area (Å²) in [6, 6.07) is 14.2. The second-order valence-corrected chi connectivity index (χ2v) is 6.72. The molecule has 1 saturated heterocycles. The monoisotopic (exact) mass is 446 g/mol. The molecular weight excluding hydrogens is 427 g/mol. The molecule has 5 heteroatoms. The average Bonchev–Trinajstić information content (AvgIpc) is 2.67. The largest absolute Gasteiger partial charge is 0.480 e. The quantitative estimate of drug-likeness (QED) is 0.397. The maximum absolute atomic E-state index is 5.47. The summed E-state index contributed by atoms with van der Waals surface area (Å²) < 4.78 is 11.9. The SMILES string of the molecule is C#CCOc1ccc(C=Nc2ccc(N3CCOCC3)cc2)cc1I. The third-order valence-electron chi connectivity index (χ3n) is 3.86. The van der Waals surface area contributed by atoms with E-state index in [0.29, 0.717) is 0 Å². The van der Waals surface area contributed by atoms with E-state index < -0.39 is 0 Å². The Hall–Kier alpha value is -2.04. The van der Waals surface area contributed by atoms with E-state index in [-0.39, 0.29) is 6.61 Å². The molecule has 3 rings (SSSR count). The zero-order valence-corrected chi connectivity index (χ0v) is 16.0. The standard InChI is InChI=1S/C20H19IN2O2/c1-2-11-25-20-8-3-16(14-19(20)21)15-22-17-4-6-18(7-5-17)23-9-12-24-13-10-23/h1,3-8,14-15H,9-13H2. The lowest BCUT2D eigenvalue weighted by Gasteiger charge is -2.28. The second-order valence-electron chi connectivity index (χ2n) is 5.56. The van der Waals surface area contributed by atoms with Crippen molar-refractivity contribution >= 4 is 40.2 Å². The Morgan fingerprint density at radius 3 is 2.64 bits per heavy atom. The number of rotatable bonds is 5. The van der Waals surface area contributed by atoms with E-state index in [1.165, 1.54) is 5.69 Å². The minimum atomic E-state index is 0.277. The molecule has 0 radical (unpaired) electrons. The van der Waals surface area contributed by atoms with Crippen LogP contribution < -0.4 is 9.64 Å². The van der Waals surface area contributed by atoms with Crippen LogP contribution in [0.2, 0.25) is 0 Å². The van der Waals surface area contributed by atoms with Gasteiger partial charge in [-0.15, -0.1) is 6.42 Å². The maximum Gasteiger partial charge on any atom is 0.148 e. The zero-order valence-electron chi connectivity index (χ0n) is 13.8.